The SMILES string of the molecule is CCCNCC(C)(O)COCC(C)CCC. The maximum atomic E-state index is 10.00. The predicted molar refractivity (Wildman–Crippen MR) is 68.7 cm³/mol. The Hall–Kier alpha value is -0.120. The molecule has 2 unspecified atom stereocenters. The summed E-state index contributed by atoms with van der Waals surface area (Å²) in [5.41, 5.74) is -0.749. The van der Waals surface area contributed by atoms with Gasteiger partial charge >= 0.3 is 0 Å². The van der Waals surface area contributed by atoms with Gasteiger partial charge in [-0.1, -0.05) is 27.2 Å². The summed E-state index contributed by atoms with van der Waals surface area (Å²) in [6.45, 7) is 11.0. The zero-order valence-corrected chi connectivity index (χ0v) is 11.4. The van der Waals surface area contributed by atoms with E-state index in [1.807, 2.05) is 6.92 Å². The van der Waals surface area contributed by atoms with Crippen molar-refractivity contribution in [1.29, 1.82) is 0 Å². The predicted octanol–water partition coefficient (Wildman–Crippen LogP) is 2.19. The van der Waals surface area contributed by atoms with Crippen LogP contribution in [0, 0.1) is 5.92 Å². The molecule has 0 saturated heterocycles. The van der Waals surface area contributed by atoms with Gasteiger partial charge in [0, 0.05) is 13.2 Å². The van der Waals surface area contributed by atoms with Crippen LogP contribution in [0.5, 0.6) is 0 Å². The smallest absolute Gasteiger partial charge is 0.0975 e. The molecule has 16 heavy (non-hydrogen) atoms. The molecule has 0 amide bonds. The molecule has 0 aliphatic rings. The van der Waals surface area contributed by atoms with E-state index in [1.54, 1.807) is 0 Å². The van der Waals surface area contributed by atoms with Gasteiger partial charge in [0.2, 0.25) is 0 Å². The molecule has 98 valence electrons. The minimum Gasteiger partial charge on any atom is -0.386 e. The minimum atomic E-state index is -0.749. The molecular formula is C13H29NO2. The summed E-state index contributed by atoms with van der Waals surface area (Å²) in [5.74, 6) is 0.587. The molecule has 0 aromatic carbocycles. The lowest BCUT2D eigenvalue weighted by Gasteiger charge is -2.24. The van der Waals surface area contributed by atoms with Gasteiger partial charge in [0.25, 0.3) is 0 Å². The van der Waals surface area contributed by atoms with Crippen LogP contribution in [0.3, 0.4) is 0 Å². The number of nitrogens with one attached hydrogen (secondary N) is 1. The summed E-state index contributed by atoms with van der Waals surface area (Å²) in [6, 6.07) is 0. The second kappa shape index (κ2) is 8.97. The van der Waals surface area contributed by atoms with Crippen LogP contribution in [0.4, 0.5) is 0 Å². The largest absolute Gasteiger partial charge is 0.386 e. The average Bonchev–Trinajstić information content (AvgIpc) is 2.18. The van der Waals surface area contributed by atoms with E-state index in [1.165, 1.54) is 12.8 Å². The zero-order chi connectivity index (χ0) is 12.4. The van der Waals surface area contributed by atoms with Crippen LogP contribution in [-0.4, -0.2) is 37.0 Å². The Kier molecular flexibility index (Phi) is 8.90. The van der Waals surface area contributed by atoms with Gasteiger partial charge in [0.15, 0.2) is 0 Å². The fourth-order valence-electron chi connectivity index (χ4n) is 1.64. The van der Waals surface area contributed by atoms with Crippen molar-refractivity contribution in [3.05, 3.63) is 0 Å². The third-order valence-electron chi connectivity index (χ3n) is 2.53. The lowest BCUT2D eigenvalue weighted by molar-refractivity contribution is -0.0401. The molecule has 0 spiro atoms. The first kappa shape index (κ1) is 15.9. The molecule has 0 bridgehead atoms. The van der Waals surface area contributed by atoms with Gasteiger partial charge < -0.3 is 15.2 Å². The van der Waals surface area contributed by atoms with Crippen molar-refractivity contribution in [2.75, 3.05) is 26.3 Å². The lowest BCUT2D eigenvalue weighted by Crippen LogP contribution is -2.42. The quantitative estimate of drug-likeness (QED) is 0.566. The summed E-state index contributed by atoms with van der Waals surface area (Å²) >= 11 is 0. The average molecular weight is 231 g/mol. The molecule has 0 fully saturated rings. The Morgan fingerprint density at radius 2 is 2.00 bits per heavy atom. The maximum absolute atomic E-state index is 10.00. The van der Waals surface area contributed by atoms with Crippen LogP contribution in [0.1, 0.15) is 47.0 Å². The van der Waals surface area contributed by atoms with Crippen LogP contribution in [0.2, 0.25) is 0 Å². The van der Waals surface area contributed by atoms with Crippen molar-refractivity contribution in [3.63, 3.8) is 0 Å². The van der Waals surface area contributed by atoms with Crippen LogP contribution < -0.4 is 5.32 Å². The summed E-state index contributed by atoms with van der Waals surface area (Å²) in [4.78, 5) is 0. The molecule has 0 aliphatic carbocycles. The van der Waals surface area contributed by atoms with Crippen molar-refractivity contribution in [2.45, 2.75) is 52.6 Å². The van der Waals surface area contributed by atoms with Gasteiger partial charge in [0.1, 0.15) is 0 Å². The molecule has 3 heteroatoms. The fraction of sp³-hybridized carbons (Fsp3) is 1.00. The molecule has 0 saturated carbocycles. The molecule has 0 radical (unpaired) electrons. The number of ether oxygens (including phenoxy) is 1. The molecule has 0 aliphatic heterocycles. The molecule has 2 N–H and O–H groups in total. The third kappa shape index (κ3) is 9.13. The van der Waals surface area contributed by atoms with Gasteiger partial charge in [0.05, 0.1) is 12.2 Å². The van der Waals surface area contributed by atoms with Crippen LogP contribution in [0.25, 0.3) is 0 Å². The number of rotatable bonds is 10. The molecule has 0 heterocycles. The fourth-order valence-corrected chi connectivity index (χ4v) is 1.64. The van der Waals surface area contributed by atoms with Crippen molar-refractivity contribution < 1.29 is 9.84 Å². The first-order valence-corrected chi connectivity index (χ1v) is 6.52. The van der Waals surface area contributed by atoms with E-state index in [4.69, 9.17) is 4.74 Å². The molecule has 3 nitrogen and oxygen atoms in total. The standard InChI is InChI=1S/C13H29NO2/c1-5-7-12(3)9-16-11-13(4,15)10-14-8-6-2/h12,14-15H,5-11H2,1-4H3. The van der Waals surface area contributed by atoms with E-state index in [2.05, 4.69) is 26.1 Å². The Balaban J connectivity index is 3.56. The van der Waals surface area contributed by atoms with Gasteiger partial charge in [-0.25, -0.2) is 0 Å². The van der Waals surface area contributed by atoms with Crippen molar-refractivity contribution in [2.24, 2.45) is 5.92 Å². The topological polar surface area (TPSA) is 41.5 Å². The summed E-state index contributed by atoms with van der Waals surface area (Å²) < 4.78 is 5.55. The summed E-state index contributed by atoms with van der Waals surface area (Å²) in [7, 11) is 0. The van der Waals surface area contributed by atoms with Gasteiger partial charge in [-0.3, -0.25) is 0 Å². The number of hydrogen-bond acceptors (Lipinski definition) is 3. The second-order valence-corrected chi connectivity index (χ2v) is 5.08. The van der Waals surface area contributed by atoms with E-state index >= 15 is 0 Å². The van der Waals surface area contributed by atoms with Crippen molar-refractivity contribution in [3.8, 4) is 0 Å². The third-order valence-corrected chi connectivity index (χ3v) is 2.53. The number of hydrogen-bond donors (Lipinski definition) is 2. The first-order valence-electron chi connectivity index (χ1n) is 6.52. The zero-order valence-electron chi connectivity index (χ0n) is 11.4. The van der Waals surface area contributed by atoms with E-state index in [-0.39, 0.29) is 0 Å². The Morgan fingerprint density at radius 1 is 1.31 bits per heavy atom. The highest BCUT2D eigenvalue weighted by atomic mass is 16.5. The van der Waals surface area contributed by atoms with Crippen LogP contribution in [0.15, 0.2) is 0 Å². The number of aliphatic hydroxyl groups is 1. The monoisotopic (exact) mass is 231 g/mol. The van der Waals surface area contributed by atoms with Crippen molar-refractivity contribution in [1.82, 2.24) is 5.32 Å². The Bertz CT molecular complexity index is 160. The minimum absolute atomic E-state index is 0.414. The Labute approximate surface area is 101 Å². The summed E-state index contributed by atoms with van der Waals surface area (Å²) in [5, 5.41) is 13.2. The highest BCUT2D eigenvalue weighted by Crippen LogP contribution is 2.08. The lowest BCUT2D eigenvalue weighted by atomic mass is 10.1. The molecule has 2 atom stereocenters. The van der Waals surface area contributed by atoms with Crippen molar-refractivity contribution >= 4 is 0 Å². The van der Waals surface area contributed by atoms with E-state index in [0.29, 0.717) is 19.1 Å². The molecule has 0 aromatic rings. The summed E-state index contributed by atoms with van der Waals surface area (Å²) in [6.07, 6.45) is 3.47. The van der Waals surface area contributed by atoms with Crippen LogP contribution >= 0.6 is 0 Å². The van der Waals surface area contributed by atoms with Gasteiger partial charge in [-0.2, -0.15) is 0 Å². The normalized spacial score (nSPS) is 17.1. The van der Waals surface area contributed by atoms with Gasteiger partial charge in [-0.05, 0) is 32.2 Å². The first-order chi connectivity index (χ1) is 7.52. The molecule has 0 rings (SSSR count). The second-order valence-electron chi connectivity index (χ2n) is 5.08. The molecule has 0 aromatic heterocycles. The highest BCUT2D eigenvalue weighted by Gasteiger charge is 2.20. The molecular weight excluding hydrogens is 202 g/mol. The highest BCUT2D eigenvalue weighted by molar-refractivity contribution is 4.74. The van der Waals surface area contributed by atoms with E-state index < -0.39 is 5.60 Å². The maximum Gasteiger partial charge on any atom is 0.0975 e. The van der Waals surface area contributed by atoms with E-state index in [9.17, 15) is 5.11 Å². The van der Waals surface area contributed by atoms with Gasteiger partial charge in [-0.15, -0.1) is 0 Å². The van der Waals surface area contributed by atoms with Crippen LogP contribution in [-0.2, 0) is 4.74 Å². The Morgan fingerprint density at radius 3 is 2.56 bits per heavy atom. The van der Waals surface area contributed by atoms with E-state index in [0.717, 1.165) is 19.6 Å².